The topological polar surface area (TPSA) is 70.2 Å². The molecule has 0 aliphatic carbocycles. The summed E-state index contributed by atoms with van der Waals surface area (Å²) in [6.45, 7) is 3.34. The number of nitrogens with zero attached hydrogens (tertiary/aromatic N) is 2. The highest BCUT2D eigenvalue weighted by atomic mass is 32.1. The second-order valence-corrected chi connectivity index (χ2v) is 8.81. The molecule has 1 aliphatic rings. The molecule has 1 fully saturated rings. The third-order valence-corrected chi connectivity index (χ3v) is 6.78. The van der Waals surface area contributed by atoms with Crippen molar-refractivity contribution in [1.82, 2.24) is 20.4 Å². The minimum atomic E-state index is -0.230. The first kappa shape index (κ1) is 20.8. The van der Waals surface area contributed by atoms with Crippen molar-refractivity contribution in [3.63, 3.8) is 0 Å². The van der Waals surface area contributed by atoms with Crippen LogP contribution in [0, 0.1) is 0 Å². The average molecular weight is 425 g/mol. The number of methoxy groups -OCH3 is 1. The monoisotopic (exact) mass is 424 g/mol. The number of H-pyrrole nitrogens is 1. The Bertz CT molecular complexity index is 931. The van der Waals surface area contributed by atoms with Gasteiger partial charge in [-0.05, 0) is 42.8 Å². The van der Waals surface area contributed by atoms with Gasteiger partial charge in [-0.15, -0.1) is 11.3 Å². The normalized spacial score (nSPS) is 16.4. The summed E-state index contributed by atoms with van der Waals surface area (Å²) in [6.07, 6.45) is 4.56. The molecular weight excluding hydrogens is 396 g/mol. The molecule has 6 nitrogen and oxygen atoms in total. The summed E-state index contributed by atoms with van der Waals surface area (Å²) in [7, 11) is 1.72. The van der Waals surface area contributed by atoms with E-state index in [0.29, 0.717) is 12.2 Å². The summed E-state index contributed by atoms with van der Waals surface area (Å²) < 4.78 is 5.35. The Hall–Kier alpha value is -2.48. The van der Waals surface area contributed by atoms with E-state index in [9.17, 15) is 4.79 Å². The number of benzene rings is 1. The summed E-state index contributed by atoms with van der Waals surface area (Å²) >= 11 is 1.72. The maximum absolute atomic E-state index is 12.8. The fourth-order valence-electron chi connectivity index (χ4n) is 4.08. The maximum Gasteiger partial charge on any atom is 0.251 e. The van der Waals surface area contributed by atoms with Crippen molar-refractivity contribution < 1.29 is 9.53 Å². The van der Waals surface area contributed by atoms with Crippen molar-refractivity contribution in [3.05, 3.63) is 65.2 Å². The number of carbonyl (C=O) groups excluding carboxylic acids is 1. The molecule has 2 aromatic heterocycles. The van der Waals surface area contributed by atoms with Crippen LogP contribution < -0.4 is 5.32 Å². The molecule has 0 radical (unpaired) electrons. The van der Waals surface area contributed by atoms with Gasteiger partial charge in [-0.2, -0.15) is 5.10 Å². The van der Waals surface area contributed by atoms with Crippen LogP contribution in [0.15, 0.2) is 54.0 Å². The third kappa shape index (κ3) is 4.80. The van der Waals surface area contributed by atoms with E-state index in [-0.39, 0.29) is 11.4 Å². The number of piperidine rings is 1. The van der Waals surface area contributed by atoms with E-state index in [0.717, 1.165) is 44.6 Å². The van der Waals surface area contributed by atoms with Crippen molar-refractivity contribution in [1.29, 1.82) is 0 Å². The molecule has 7 heteroatoms. The fraction of sp³-hybridized carbons (Fsp3) is 0.391. The van der Waals surface area contributed by atoms with Crippen molar-refractivity contribution in [3.8, 4) is 10.6 Å². The van der Waals surface area contributed by atoms with Crippen molar-refractivity contribution in [2.24, 2.45) is 0 Å². The molecule has 0 unspecified atom stereocenters. The van der Waals surface area contributed by atoms with Crippen molar-refractivity contribution >= 4 is 17.2 Å². The molecule has 30 heavy (non-hydrogen) atoms. The van der Waals surface area contributed by atoms with E-state index in [2.05, 4.69) is 37.9 Å². The van der Waals surface area contributed by atoms with Crippen LogP contribution in [0.2, 0.25) is 0 Å². The summed E-state index contributed by atoms with van der Waals surface area (Å²) in [5, 5.41) is 12.8. The molecule has 0 bridgehead atoms. The zero-order valence-corrected chi connectivity index (χ0v) is 18.1. The molecule has 1 aromatic carbocycles. The Morgan fingerprint density at radius 2 is 2.03 bits per heavy atom. The van der Waals surface area contributed by atoms with Gasteiger partial charge in [0.15, 0.2) is 0 Å². The lowest BCUT2D eigenvalue weighted by atomic mass is 9.84. The van der Waals surface area contributed by atoms with Crippen molar-refractivity contribution in [2.75, 3.05) is 26.8 Å². The number of rotatable bonds is 8. The lowest BCUT2D eigenvalue weighted by Crippen LogP contribution is -2.55. The van der Waals surface area contributed by atoms with Gasteiger partial charge in [0.2, 0.25) is 0 Å². The molecule has 4 rings (SSSR count). The second kappa shape index (κ2) is 9.55. The van der Waals surface area contributed by atoms with E-state index < -0.39 is 0 Å². The second-order valence-electron chi connectivity index (χ2n) is 7.87. The highest BCUT2D eigenvalue weighted by molar-refractivity contribution is 7.13. The largest absolute Gasteiger partial charge is 0.385 e. The van der Waals surface area contributed by atoms with Gasteiger partial charge in [0, 0.05) is 50.0 Å². The zero-order chi connectivity index (χ0) is 20.8. The van der Waals surface area contributed by atoms with Crippen LogP contribution in [0.3, 0.4) is 0 Å². The molecule has 0 atom stereocenters. The summed E-state index contributed by atoms with van der Waals surface area (Å²) in [4.78, 5) is 16.5. The molecule has 1 saturated heterocycles. The Morgan fingerprint density at radius 1 is 1.23 bits per heavy atom. The highest BCUT2D eigenvalue weighted by Gasteiger charge is 2.36. The van der Waals surface area contributed by atoms with E-state index in [1.165, 1.54) is 10.4 Å². The van der Waals surface area contributed by atoms with Crippen LogP contribution in [-0.2, 0) is 11.3 Å². The molecule has 0 saturated carbocycles. The van der Waals surface area contributed by atoms with E-state index in [4.69, 9.17) is 4.74 Å². The lowest BCUT2D eigenvalue weighted by molar-refractivity contribution is 0.0691. The summed E-state index contributed by atoms with van der Waals surface area (Å²) in [5.74, 6) is -0.00466. The van der Waals surface area contributed by atoms with Gasteiger partial charge in [-0.1, -0.05) is 24.3 Å². The van der Waals surface area contributed by atoms with E-state index >= 15 is 0 Å². The number of ether oxygens (including phenoxy) is 1. The maximum atomic E-state index is 12.8. The third-order valence-electron chi connectivity index (χ3n) is 5.89. The Balaban J connectivity index is 1.41. The molecule has 158 valence electrons. The number of aromatic nitrogens is 2. The van der Waals surface area contributed by atoms with Gasteiger partial charge in [0.25, 0.3) is 5.91 Å². The number of hydrogen-bond acceptors (Lipinski definition) is 5. The lowest BCUT2D eigenvalue weighted by Gasteiger charge is -2.42. The predicted molar refractivity (Wildman–Crippen MR) is 120 cm³/mol. The molecule has 2 N–H and O–H groups in total. The van der Waals surface area contributed by atoms with Crippen molar-refractivity contribution in [2.45, 2.75) is 31.3 Å². The van der Waals surface area contributed by atoms with Gasteiger partial charge in [0.1, 0.15) is 0 Å². The van der Waals surface area contributed by atoms with Crippen LogP contribution in [0.4, 0.5) is 0 Å². The van der Waals surface area contributed by atoms with Crippen LogP contribution >= 0.6 is 11.3 Å². The van der Waals surface area contributed by atoms with Gasteiger partial charge < -0.3 is 10.1 Å². The average Bonchev–Trinajstić information content (AvgIpc) is 3.46. The first-order valence-corrected chi connectivity index (χ1v) is 11.2. The molecular formula is C23H28N4O2S. The molecule has 1 amide bonds. The Morgan fingerprint density at radius 3 is 2.73 bits per heavy atom. The number of carbonyl (C=O) groups is 1. The zero-order valence-electron chi connectivity index (χ0n) is 17.3. The van der Waals surface area contributed by atoms with Gasteiger partial charge in [-0.25, -0.2) is 0 Å². The fourth-order valence-corrected chi connectivity index (χ4v) is 4.84. The SMILES string of the molecule is COCCC1(NC(=O)c2ccccc2)CCN(Cc2cn[nH]c2-c2cccs2)CC1. The van der Waals surface area contributed by atoms with Gasteiger partial charge >= 0.3 is 0 Å². The first-order valence-electron chi connectivity index (χ1n) is 10.3. The molecule has 0 spiro atoms. The number of likely N-dealkylation sites (tertiary alicyclic amines) is 1. The van der Waals surface area contributed by atoms with Crippen LogP contribution in [0.1, 0.15) is 35.2 Å². The molecule has 3 heterocycles. The Labute approximate surface area is 181 Å². The number of amides is 1. The smallest absolute Gasteiger partial charge is 0.251 e. The summed E-state index contributed by atoms with van der Waals surface area (Å²) in [6, 6.07) is 13.6. The van der Waals surface area contributed by atoms with E-state index in [1.807, 2.05) is 36.5 Å². The standard InChI is InChI=1S/C23H28N4O2S/c1-29-14-11-23(25-22(28)18-6-3-2-4-7-18)9-12-27(13-10-23)17-19-16-24-26-21(19)20-8-5-15-30-20/h2-8,15-16H,9-14,17H2,1H3,(H,24,26)(H,25,28). The quantitative estimate of drug-likeness (QED) is 0.575. The van der Waals surface area contributed by atoms with E-state index in [1.54, 1.807) is 18.4 Å². The molecule has 3 aromatic rings. The highest BCUT2D eigenvalue weighted by Crippen LogP contribution is 2.30. The Kier molecular flexibility index (Phi) is 6.62. The number of hydrogen-bond donors (Lipinski definition) is 2. The van der Waals surface area contributed by atoms with Gasteiger partial charge in [-0.3, -0.25) is 14.8 Å². The number of aromatic amines is 1. The number of nitrogens with one attached hydrogen (secondary N) is 2. The predicted octanol–water partition coefficient (Wildman–Crippen LogP) is 3.94. The van der Waals surface area contributed by atoms with Gasteiger partial charge in [0.05, 0.1) is 16.8 Å². The van der Waals surface area contributed by atoms with Crippen LogP contribution in [-0.4, -0.2) is 53.3 Å². The minimum absolute atomic E-state index is 0.00466. The van der Waals surface area contributed by atoms with Crippen LogP contribution in [0.25, 0.3) is 10.6 Å². The summed E-state index contributed by atoms with van der Waals surface area (Å²) in [5.41, 5.74) is 2.80. The minimum Gasteiger partial charge on any atom is -0.385 e. The first-order chi connectivity index (χ1) is 14.7. The molecule has 1 aliphatic heterocycles. The number of thiophene rings is 1. The van der Waals surface area contributed by atoms with Crippen LogP contribution in [0.5, 0.6) is 0 Å².